The number of rotatable bonds is 3. The molecule has 1 aliphatic rings. The molecule has 1 aromatic carbocycles. The first kappa shape index (κ1) is 15.2. The van der Waals surface area contributed by atoms with E-state index in [1.807, 2.05) is 23.9 Å². The maximum absolute atomic E-state index is 11.9. The number of nitrogens with two attached hydrogens (primary N) is 1. The molecule has 2 atom stereocenters. The van der Waals surface area contributed by atoms with Crippen LogP contribution in [0.5, 0.6) is 0 Å². The minimum absolute atomic E-state index is 0.356. The smallest absolute Gasteiger partial charge is 0.340 e. The second kappa shape index (κ2) is 6.50. The van der Waals surface area contributed by atoms with Crippen molar-refractivity contribution in [2.75, 3.05) is 25.9 Å². The molecule has 1 heterocycles. The molecule has 1 aromatic rings. The lowest BCUT2D eigenvalue weighted by Gasteiger charge is -2.34. The molecule has 0 bridgehead atoms. The summed E-state index contributed by atoms with van der Waals surface area (Å²) >= 11 is 2.02. The number of methoxy groups -OCH3 is 1. The van der Waals surface area contributed by atoms with Crippen molar-refractivity contribution < 1.29 is 9.53 Å². The lowest BCUT2D eigenvalue weighted by molar-refractivity contribution is 0.0599. The summed E-state index contributed by atoms with van der Waals surface area (Å²) in [6, 6.07) is 5.59. The first-order valence-electron chi connectivity index (χ1n) is 6.84. The lowest BCUT2D eigenvalue weighted by Crippen LogP contribution is -2.40. The van der Waals surface area contributed by atoms with Gasteiger partial charge >= 0.3 is 5.97 Å². The van der Waals surface area contributed by atoms with Crippen LogP contribution in [0.25, 0.3) is 0 Å². The largest absolute Gasteiger partial charge is 0.465 e. The van der Waals surface area contributed by atoms with Crippen molar-refractivity contribution in [1.82, 2.24) is 4.90 Å². The number of nitrogen functional groups attached to an aromatic ring is 1. The van der Waals surface area contributed by atoms with E-state index in [1.165, 1.54) is 7.11 Å². The predicted molar refractivity (Wildman–Crippen MR) is 84.0 cm³/mol. The molecule has 2 N–H and O–H groups in total. The van der Waals surface area contributed by atoms with Gasteiger partial charge in [-0.1, -0.05) is 26.0 Å². The number of ether oxygens (including phenoxy) is 1. The molecule has 0 aliphatic carbocycles. The summed E-state index contributed by atoms with van der Waals surface area (Å²) in [5.41, 5.74) is 7.88. The molecule has 0 saturated carbocycles. The minimum atomic E-state index is -0.356. The Kier molecular flexibility index (Phi) is 4.94. The van der Waals surface area contributed by atoms with Crippen LogP contribution in [0, 0.1) is 0 Å². The summed E-state index contributed by atoms with van der Waals surface area (Å²) in [6.45, 7) is 7.29. The van der Waals surface area contributed by atoms with Crippen LogP contribution in [0.2, 0.25) is 0 Å². The standard InChI is InChI=1S/C15H22N2O2S/c1-10-7-17(8-11(2)20-10)9-12-5-4-6-13(16)14(12)15(18)19-3/h4-6,10-11H,7-9,16H2,1-3H3. The Morgan fingerprint density at radius 2 is 2.05 bits per heavy atom. The van der Waals surface area contributed by atoms with E-state index in [0.29, 0.717) is 21.8 Å². The topological polar surface area (TPSA) is 55.6 Å². The van der Waals surface area contributed by atoms with Crippen molar-refractivity contribution in [3.8, 4) is 0 Å². The van der Waals surface area contributed by atoms with E-state index < -0.39 is 0 Å². The van der Waals surface area contributed by atoms with Gasteiger partial charge in [-0.15, -0.1) is 0 Å². The van der Waals surface area contributed by atoms with Crippen molar-refractivity contribution >= 4 is 23.4 Å². The number of esters is 1. The van der Waals surface area contributed by atoms with Crippen LogP contribution in [0.15, 0.2) is 18.2 Å². The quantitative estimate of drug-likeness (QED) is 0.685. The van der Waals surface area contributed by atoms with Crippen LogP contribution in [-0.2, 0) is 11.3 Å². The molecule has 1 saturated heterocycles. The average molecular weight is 294 g/mol. The molecular formula is C15H22N2O2S. The molecule has 2 rings (SSSR count). The third-order valence-electron chi connectivity index (χ3n) is 3.46. The van der Waals surface area contributed by atoms with Gasteiger partial charge in [-0.05, 0) is 11.6 Å². The maximum atomic E-state index is 11.9. The maximum Gasteiger partial charge on any atom is 0.340 e. The van der Waals surface area contributed by atoms with Crippen molar-refractivity contribution in [3.63, 3.8) is 0 Å². The fourth-order valence-electron chi connectivity index (χ4n) is 2.76. The zero-order chi connectivity index (χ0) is 14.7. The third-order valence-corrected chi connectivity index (χ3v) is 4.69. The summed E-state index contributed by atoms with van der Waals surface area (Å²) < 4.78 is 4.85. The molecule has 0 spiro atoms. The van der Waals surface area contributed by atoms with Gasteiger partial charge in [0.15, 0.2) is 0 Å². The van der Waals surface area contributed by atoms with E-state index in [0.717, 1.165) is 25.2 Å². The van der Waals surface area contributed by atoms with E-state index >= 15 is 0 Å². The van der Waals surface area contributed by atoms with Gasteiger partial charge in [0.05, 0.1) is 12.7 Å². The van der Waals surface area contributed by atoms with Gasteiger partial charge in [-0.3, -0.25) is 4.90 Å². The van der Waals surface area contributed by atoms with Crippen molar-refractivity contribution in [2.24, 2.45) is 0 Å². The van der Waals surface area contributed by atoms with Crippen molar-refractivity contribution in [2.45, 2.75) is 30.9 Å². The van der Waals surface area contributed by atoms with Gasteiger partial charge in [0.25, 0.3) is 0 Å². The second-order valence-electron chi connectivity index (χ2n) is 5.32. The molecule has 0 radical (unpaired) electrons. The van der Waals surface area contributed by atoms with E-state index in [-0.39, 0.29) is 5.97 Å². The molecule has 1 aliphatic heterocycles. The van der Waals surface area contributed by atoms with E-state index in [4.69, 9.17) is 10.5 Å². The van der Waals surface area contributed by atoms with Gasteiger partial charge in [0.1, 0.15) is 0 Å². The monoisotopic (exact) mass is 294 g/mol. The highest BCUT2D eigenvalue weighted by molar-refractivity contribution is 8.00. The fraction of sp³-hybridized carbons (Fsp3) is 0.533. The summed E-state index contributed by atoms with van der Waals surface area (Å²) in [4.78, 5) is 14.3. The number of thioether (sulfide) groups is 1. The summed E-state index contributed by atoms with van der Waals surface area (Å²) in [5.74, 6) is -0.356. The highest BCUT2D eigenvalue weighted by atomic mass is 32.2. The van der Waals surface area contributed by atoms with Gasteiger partial charge in [0.2, 0.25) is 0 Å². The molecule has 20 heavy (non-hydrogen) atoms. The van der Waals surface area contributed by atoms with Crippen LogP contribution in [-0.4, -0.2) is 41.6 Å². The summed E-state index contributed by atoms with van der Waals surface area (Å²) in [7, 11) is 1.39. The number of anilines is 1. The van der Waals surface area contributed by atoms with Crippen LogP contribution in [0.1, 0.15) is 29.8 Å². The van der Waals surface area contributed by atoms with Crippen LogP contribution < -0.4 is 5.73 Å². The molecular weight excluding hydrogens is 272 g/mol. The SMILES string of the molecule is COC(=O)c1c(N)cccc1CN1CC(C)SC(C)C1. The normalized spacial score (nSPS) is 23.6. The Bertz CT molecular complexity index is 483. The van der Waals surface area contributed by atoms with Crippen LogP contribution in [0.3, 0.4) is 0 Å². The number of carbonyl (C=O) groups is 1. The molecule has 5 heteroatoms. The third kappa shape index (κ3) is 3.46. The molecule has 1 fully saturated rings. The Hall–Kier alpha value is -1.20. The van der Waals surface area contributed by atoms with Crippen molar-refractivity contribution in [1.29, 1.82) is 0 Å². The van der Waals surface area contributed by atoms with E-state index in [9.17, 15) is 4.79 Å². The molecule has 2 unspecified atom stereocenters. The number of nitrogens with zero attached hydrogens (tertiary/aromatic N) is 1. The van der Waals surface area contributed by atoms with E-state index in [1.54, 1.807) is 6.07 Å². The first-order valence-corrected chi connectivity index (χ1v) is 7.79. The second-order valence-corrected chi connectivity index (χ2v) is 7.21. The zero-order valence-corrected chi connectivity index (χ0v) is 13.1. The predicted octanol–water partition coefficient (Wildman–Crippen LogP) is 2.38. The molecule has 0 aromatic heterocycles. The molecule has 0 amide bonds. The zero-order valence-electron chi connectivity index (χ0n) is 12.3. The highest BCUT2D eigenvalue weighted by Gasteiger charge is 2.24. The van der Waals surface area contributed by atoms with Gasteiger partial charge in [-0.2, -0.15) is 11.8 Å². The number of carbonyl (C=O) groups excluding carboxylic acids is 1. The first-order chi connectivity index (χ1) is 9.51. The van der Waals surface area contributed by atoms with Gasteiger partial charge in [-0.25, -0.2) is 4.79 Å². The number of hydrogen-bond donors (Lipinski definition) is 1. The Morgan fingerprint density at radius 1 is 1.40 bits per heavy atom. The Labute approximate surface area is 124 Å². The lowest BCUT2D eigenvalue weighted by atomic mass is 10.0. The summed E-state index contributed by atoms with van der Waals surface area (Å²) in [6.07, 6.45) is 0. The molecule has 110 valence electrons. The van der Waals surface area contributed by atoms with Crippen LogP contribution >= 0.6 is 11.8 Å². The van der Waals surface area contributed by atoms with Crippen LogP contribution in [0.4, 0.5) is 5.69 Å². The molecule has 4 nitrogen and oxygen atoms in total. The number of hydrogen-bond acceptors (Lipinski definition) is 5. The van der Waals surface area contributed by atoms with E-state index in [2.05, 4.69) is 18.7 Å². The number of benzene rings is 1. The highest BCUT2D eigenvalue weighted by Crippen LogP contribution is 2.27. The van der Waals surface area contributed by atoms with Crippen molar-refractivity contribution in [3.05, 3.63) is 29.3 Å². The minimum Gasteiger partial charge on any atom is -0.465 e. The fourth-order valence-corrected chi connectivity index (χ4v) is 4.14. The average Bonchev–Trinajstić information content (AvgIpc) is 2.37. The Morgan fingerprint density at radius 3 is 2.65 bits per heavy atom. The summed E-state index contributed by atoms with van der Waals surface area (Å²) in [5, 5.41) is 1.22. The van der Waals surface area contributed by atoms with Gasteiger partial charge < -0.3 is 10.5 Å². The van der Waals surface area contributed by atoms with Gasteiger partial charge in [0, 0.05) is 35.8 Å². The Balaban J connectivity index is 2.20.